The van der Waals surface area contributed by atoms with Crippen LogP contribution in [-0.4, -0.2) is 47.2 Å². The van der Waals surface area contributed by atoms with E-state index >= 15 is 0 Å². The third-order valence-corrected chi connectivity index (χ3v) is 4.08. The first-order valence-electron chi connectivity index (χ1n) is 7.65. The van der Waals surface area contributed by atoms with Gasteiger partial charge in [0.25, 0.3) is 11.1 Å². The van der Waals surface area contributed by atoms with Gasteiger partial charge in [0.05, 0.1) is 18.1 Å². The van der Waals surface area contributed by atoms with Crippen LogP contribution in [0.25, 0.3) is 6.08 Å². The van der Waals surface area contributed by atoms with Crippen LogP contribution in [-0.2, 0) is 23.9 Å². The number of imide groups is 1. The minimum Gasteiger partial charge on any atom is -0.464 e. The number of thioether (sulfide) groups is 1. The van der Waals surface area contributed by atoms with E-state index in [0.717, 1.165) is 5.56 Å². The predicted molar refractivity (Wildman–Crippen MR) is 91.3 cm³/mol. The van der Waals surface area contributed by atoms with Crippen molar-refractivity contribution in [3.8, 4) is 0 Å². The predicted octanol–water partition coefficient (Wildman–Crippen LogP) is 2.22. The molecule has 1 aromatic rings. The summed E-state index contributed by atoms with van der Waals surface area (Å²) in [5, 5.41) is -0.724. The molecule has 0 aliphatic carbocycles. The molecule has 0 N–H and O–H groups in total. The maximum Gasteiger partial charge on any atom is 0.341 e. The van der Waals surface area contributed by atoms with E-state index in [4.69, 9.17) is 9.47 Å². The molecule has 2 amide bonds. The molecule has 25 heavy (non-hydrogen) atoms. The van der Waals surface area contributed by atoms with Gasteiger partial charge in [-0.3, -0.25) is 9.59 Å². The van der Waals surface area contributed by atoms with Crippen molar-refractivity contribution in [3.63, 3.8) is 0 Å². The molecule has 1 heterocycles. The fraction of sp³-hybridized carbons (Fsp3) is 0.294. The molecule has 1 saturated heterocycles. The average molecular weight is 363 g/mol. The highest BCUT2D eigenvalue weighted by Crippen LogP contribution is 2.34. The van der Waals surface area contributed by atoms with E-state index in [1.54, 1.807) is 38.1 Å². The quantitative estimate of drug-likeness (QED) is 0.435. The van der Waals surface area contributed by atoms with Crippen LogP contribution in [0.15, 0.2) is 35.2 Å². The van der Waals surface area contributed by atoms with Gasteiger partial charge in [0.15, 0.2) is 0 Å². The van der Waals surface area contributed by atoms with E-state index in [2.05, 4.69) is 0 Å². The highest BCUT2D eigenvalue weighted by molar-refractivity contribution is 8.18. The maximum absolute atomic E-state index is 12.6. The molecule has 0 atom stereocenters. The summed E-state index contributed by atoms with van der Waals surface area (Å²) >= 11 is 0.659. The zero-order valence-corrected chi connectivity index (χ0v) is 14.6. The number of carbonyl (C=O) groups excluding carboxylic acids is 4. The molecule has 0 bridgehead atoms. The summed E-state index contributed by atoms with van der Waals surface area (Å²) in [4.78, 5) is 49.8. The molecular weight excluding hydrogens is 346 g/mol. The van der Waals surface area contributed by atoms with E-state index in [1.165, 1.54) is 6.08 Å². The fourth-order valence-corrected chi connectivity index (χ4v) is 3.01. The Bertz CT molecular complexity index is 697. The Labute approximate surface area is 149 Å². The second-order valence-corrected chi connectivity index (χ2v) is 5.86. The van der Waals surface area contributed by atoms with Crippen LogP contribution >= 0.6 is 11.8 Å². The molecule has 0 saturated carbocycles. The van der Waals surface area contributed by atoms with Gasteiger partial charge in [-0.1, -0.05) is 30.3 Å². The SMILES string of the molecule is CCOC(=O)C(C(=O)OCC)N1C(=O)SC(=Cc2ccccc2)C1=O. The average Bonchev–Trinajstić information content (AvgIpc) is 2.84. The van der Waals surface area contributed by atoms with Gasteiger partial charge >= 0.3 is 11.9 Å². The molecule has 2 rings (SSSR count). The number of amides is 2. The Morgan fingerprint density at radius 2 is 1.64 bits per heavy atom. The molecule has 0 radical (unpaired) electrons. The number of esters is 2. The summed E-state index contributed by atoms with van der Waals surface area (Å²) in [5.41, 5.74) is 0.719. The van der Waals surface area contributed by atoms with Crippen molar-refractivity contribution in [2.24, 2.45) is 0 Å². The molecule has 0 aromatic heterocycles. The second-order valence-electron chi connectivity index (χ2n) is 4.87. The first kappa shape index (κ1) is 18.7. The number of nitrogens with zero attached hydrogens (tertiary/aromatic N) is 1. The minimum atomic E-state index is -1.74. The van der Waals surface area contributed by atoms with E-state index in [-0.39, 0.29) is 18.1 Å². The lowest BCUT2D eigenvalue weighted by atomic mass is 10.2. The highest BCUT2D eigenvalue weighted by atomic mass is 32.2. The molecule has 0 unspecified atom stereocenters. The number of ether oxygens (including phenoxy) is 2. The third kappa shape index (κ3) is 4.27. The highest BCUT2D eigenvalue weighted by Gasteiger charge is 2.48. The Morgan fingerprint density at radius 1 is 1.08 bits per heavy atom. The van der Waals surface area contributed by atoms with Crippen molar-refractivity contribution in [2.45, 2.75) is 19.9 Å². The molecule has 1 aliphatic heterocycles. The first-order valence-corrected chi connectivity index (χ1v) is 8.46. The minimum absolute atomic E-state index is 0.00478. The number of hydrogen-bond acceptors (Lipinski definition) is 7. The topological polar surface area (TPSA) is 90.0 Å². The largest absolute Gasteiger partial charge is 0.464 e. The van der Waals surface area contributed by atoms with Crippen LogP contribution in [0.4, 0.5) is 4.79 Å². The molecule has 1 aliphatic rings. The van der Waals surface area contributed by atoms with E-state index in [9.17, 15) is 19.2 Å². The third-order valence-electron chi connectivity index (χ3n) is 3.20. The molecule has 1 aromatic carbocycles. The zero-order valence-electron chi connectivity index (χ0n) is 13.8. The Morgan fingerprint density at radius 3 is 2.16 bits per heavy atom. The number of carbonyl (C=O) groups is 4. The Hall–Kier alpha value is -2.61. The molecule has 132 valence electrons. The zero-order chi connectivity index (χ0) is 18.4. The van der Waals surface area contributed by atoms with Crippen LogP contribution in [0.3, 0.4) is 0 Å². The van der Waals surface area contributed by atoms with Crippen molar-refractivity contribution in [1.29, 1.82) is 0 Å². The van der Waals surface area contributed by atoms with Gasteiger partial charge in [0.1, 0.15) is 0 Å². The summed E-state index contributed by atoms with van der Waals surface area (Å²) in [5.74, 6) is -2.72. The monoisotopic (exact) mass is 363 g/mol. The van der Waals surface area contributed by atoms with Crippen molar-refractivity contribution < 1.29 is 28.7 Å². The van der Waals surface area contributed by atoms with Crippen LogP contribution < -0.4 is 0 Å². The fourth-order valence-electron chi connectivity index (χ4n) is 2.15. The number of rotatable bonds is 6. The smallest absolute Gasteiger partial charge is 0.341 e. The Balaban J connectivity index is 2.33. The van der Waals surface area contributed by atoms with Gasteiger partial charge in [0, 0.05) is 0 Å². The van der Waals surface area contributed by atoms with E-state index in [0.29, 0.717) is 16.7 Å². The summed E-state index contributed by atoms with van der Waals surface area (Å²) in [7, 11) is 0. The summed E-state index contributed by atoms with van der Waals surface area (Å²) in [6.07, 6.45) is 1.53. The number of benzene rings is 1. The van der Waals surface area contributed by atoms with Crippen LogP contribution in [0.2, 0.25) is 0 Å². The van der Waals surface area contributed by atoms with Crippen molar-refractivity contribution in [3.05, 3.63) is 40.8 Å². The van der Waals surface area contributed by atoms with Gasteiger partial charge in [-0.05, 0) is 37.2 Å². The first-order chi connectivity index (χ1) is 12.0. The molecule has 8 heteroatoms. The summed E-state index contributed by atoms with van der Waals surface area (Å²) < 4.78 is 9.64. The van der Waals surface area contributed by atoms with Crippen molar-refractivity contribution in [2.75, 3.05) is 13.2 Å². The normalized spacial score (nSPS) is 15.8. The van der Waals surface area contributed by atoms with E-state index < -0.39 is 29.1 Å². The van der Waals surface area contributed by atoms with Crippen molar-refractivity contribution >= 4 is 40.9 Å². The van der Waals surface area contributed by atoms with E-state index in [1.807, 2.05) is 6.07 Å². The summed E-state index contributed by atoms with van der Waals surface area (Å²) in [6, 6.07) is 7.19. The van der Waals surface area contributed by atoms with Crippen LogP contribution in [0.5, 0.6) is 0 Å². The lowest BCUT2D eigenvalue weighted by Crippen LogP contribution is -2.50. The second kappa shape index (κ2) is 8.48. The summed E-state index contributed by atoms with van der Waals surface area (Å²) in [6.45, 7) is 3.13. The van der Waals surface area contributed by atoms with Gasteiger partial charge in [0.2, 0.25) is 6.04 Å². The maximum atomic E-state index is 12.6. The number of hydrogen-bond donors (Lipinski definition) is 0. The van der Waals surface area contributed by atoms with Crippen molar-refractivity contribution in [1.82, 2.24) is 4.90 Å². The molecule has 7 nitrogen and oxygen atoms in total. The van der Waals surface area contributed by atoms with Gasteiger partial charge < -0.3 is 9.47 Å². The lowest BCUT2D eigenvalue weighted by molar-refractivity contribution is -0.164. The van der Waals surface area contributed by atoms with Gasteiger partial charge in [-0.15, -0.1) is 0 Å². The van der Waals surface area contributed by atoms with Crippen LogP contribution in [0.1, 0.15) is 19.4 Å². The molecule has 0 spiro atoms. The lowest BCUT2D eigenvalue weighted by Gasteiger charge is -2.21. The molecular formula is C17H17NO6S. The Kier molecular flexibility index (Phi) is 6.35. The molecule has 1 fully saturated rings. The van der Waals surface area contributed by atoms with Gasteiger partial charge in [-0.2, -0.15) is 0 Å². The van der Waals surface area contributed by atoms with Crippen LogP contribution in [0, 0.1) is 0 Å². The van der Waals surface area contributed by atoms with Gasteiger partial charge in [-0.25, -0.2) is 14.5 Å². The standard InChI is InChI=1S/C17H17NO6S/c1-3-23-15(20)13(16(21)24-4-2)18-14(19)12(25-17(18)22)10-11-8-6-5-7-9-11/h5-10,13H,3-4H2,1-2H3.